The molecule has 2 aliphatic heterocycles. The average Bonchev–Trinajstić information content (AvgIpc) is 2.59. The summed E-state index contributed by atoms with van der Waals surface area (Å²) >= 11 is 0. The third kappa shape index (κ3) is 4.75. The fourth-order valence-corrected chi connectivity index (χ4v) is 3.49. The minimum absolute atomic E-state index is 0.187. The molecule has 2 saturated heterocycles. The van der Waals surface area contributed by atoms with Gasteiger partial charge in [0.15, 0.2) is 0 Å². The molecular formula is C18H26FN3O. The molecule has 2 N–H and O–H groups in total. The van der Waals surface area contributed by atoms with Crippen LogP contribution in [0.5, 0.6) is 0 Å². The van der Waals surface area contributed by atoms with Gasteiger partial charge in [-0.3, -0.25) is 9.69 Å². The number of amides is 1. The molecule has 126 valence electrons. The van der Waals surface area contributed by atoms with Crippen LogP contribution in [-0.2, 0) is 11.3 Å². The second-order valence-corrected chi connectivity index (χ2v) is 6.71. The van der Waals surface area contributed by atoms with Crippen molar-refractivity contribution in [2.75, 3.05) is 26.2 Å². The van der Waals surface area contributed by atoms with Crippen molar-refractivity contribution in [3.8, 4) is 0 Å². The molecule has 0 aliphatic carbocycles. The van der Waals surface area contributed by atoms with Gasteiger partial charge >= 0.3 is 0 Å². The molecule has 23 heavy (non-hydrogen) atoms. The largest absolute Gasteiger partial charge is 0.353 e. The molecule has 2 heterocycles. The monoisotopic (exact) mass is 319 g/mol. The molecule has 2 aliphatic rings. The molecule has 4 nitrogen and oxygen atoms in total. The zero-order valence-corrected chi connectivity index (χ0v) is 13.6. The average molecular weight is 319 g/mol. The van der Waals surface area contributed by atoms with Gasteiger partial charge in [0.2, 0.25) is 5.91 Å². The van der Waals surface area contributed by atoms with Crippen molar-refractivity contribution in [2.24, 2.45) is 5.92 Å². The van der Waals surface area contributed by atoms with Crippen LogP contribution in [0, 0.1) is 11.7 Å². The summed E-state index contributed by atoms with van der Waals surface area (Å²) in [4.78, 5) is 14.7. The number of halogens is 1. The maximum absolute atomic E-state index is 12.9. The minimum atomic E-state index is -0.187. The molecule has 0 bridgehead atoms. The number of benzene rings is 1. The summed E-state index contributed by atoms with van der Waals surface area (Å²) in [6.07, 6.45) is 3.90. The Morgan fingerprint density at radius 3 is 2.43 bits per heavy atom. The van der Waals surface area contributed by atoms with Gasteiger partial charge in [0.1, 0.15) is 5.82 Å². The molecule has 2 fully saturated rings. The predicted octanol–water partition coefficient (Wildman–Crippen LogP) is 1.91. The highest BCUT2D eigenvalue weighted by Gasteiger charge is 2.25. The Morgan fingerprint density at radius 2 is 1.78 bits per heavy atom. The summed E-state index contributed by atoms with van der Waals surface area (Å²) in [6.45, 7) is 4.72. The fraction of sp³-hybridized carbons (Fsp3) is 0.611. The van der Waals surface area contributed by atoms with Gasteiger partial charge in [0.25, 0.3) is 0 Å². The Labute approximate surface area is 137 Å². The molecular weight excluding hydrogens is 293 g/mol. The lowest BCUT2D eigenvalue weighted by molar-refractivity contribution is -0.126. The van der Waals surface area contributed by atoms with Gasteiger partial charge < -0.3 is 10.6 Å². The Hall–Kier alpha value is -1.46. The topological polar surface area (TPSA) is 44.4 Å². The Bertz CT molecular complexity index is 506. The van der Waals surface area contributed by atoms with Crippen LogP contribution in [0.2, 0.25) is 0 Å². The van der Waals surface area contributed by atoms with E-state index in [1.165, 1.54) is 12.1 Å². The first-order valence-electron chi connectivity index (χ1n) is 8.68. The zero-order valence-electron chi connectivity index (χ0n) is 13.6. The standard InChI is InChI=1S/C18H26FN3O/c19-16-3-1-14(2-4-16)13-22-11-7-17(8-12-22)21-18(23)15-5-9-20-10-6-15/h1-4,15,17,20H,5-13H2,(H,21,23). The summed E-state index contributed by atoms with van der Waals surface area (Å²) in [5, 5.41) is 6.53. The third-order valence-corrected chi connectivity index (χ3v) is 4.96. The zero-order chi connectivity index (χ0) is 16.1. The first-order chi connectivity index (χ1) is 11.2. The lowest BCUT2D eigenvalue weighted by Gasteiger charge is -2.33. The van der Waals surface area contributed by atoms with E-state index in [2.05, 4.69) is 15.5 Å². The Morgan fingerprint density at radius 1 is 1.13 bits per heavy atom. The van der Waals surface area contributed by atoms with Crippen LogP contribution < -0.4 is 10.6 Å². The molecule has 0 aromatic heterocycles. The van der Waals surface area contributed by atoms with Gasteiger partial charge in [-0.2, -0.15) is 0 Å². The molecule has 1 aromatic rings. The molecule has 3 rings (SSSR count). The van der Waals surface area contributed by atoms with Gasteiger partial charge in [-0.05, 0) is 56.5 Å². The maximum Gasteiger partial charge on any atom is 0.223 e. The van der Waals surface area contributed by atoms with Crippen LogP contribution >= 0.6 is 0 Å². The van der Waals surface area contributed by atoms with E-state index >= 15 is 0 Å². The fourth-order valence-electron chi connectivity index (χ4n) is 3.49. The molecule has 0 atom stereocenters. The number of nitrogens with zero attached hydrogens (tertiary/aromatic N) is 1. The van der Waals surface area contributed by atoms with Crippen molar-refractivity contribution >= 4 is 5.91 Å². The molecule has 0 radical (unpaired) electrons. The predicted molar refractivity (Wildman–Crippen MR) is 88.4 cm³/mol. The van der Waals surface area contributed by atoms with E-state index in [-0.39, 0.29) is 17.6 Å². The highest BCUT2D eigenvalue weighted by Crippen LogP contribution is 2.17. The summed E-state index contributed by atoms with van der Waals surface area (Å²) in [6, 6.07) is 7.03. The van der Waals surface area contributed by atoms with Crippen LogP contribution in [0.15, 0.2) is 24.3 Å². The number of carbonyl (C=O) groups excluding carboxylic acids is 1. The van der Waals surface area contributed by atoms with Gasteiger partial charge in [0, 0.05) is 31.6 Å². The number of piperidine rings is 2. The summed E-state index contributed by atoms with van der Waals surface area (Å²) in [7, 11) is 0. The van der Waals surface area contributed by atoms with Crippen LogP contribution in [0.25, 0.3) is 0 Å². The molecule has 0 spiro atoms. The molecule has 0 unspecified atom stereocenters. The van der Waals surface area contributed by atoms with Crippen molar-refractivity contribution in [3.05, 3.63) is 35.6 Å². The van der Waals surface area contributed by atoms with Crippen molar-refractivity contribution in [3.63, 3.8) is 0 Å². The number of rotatable bonds is 4. The van der Waals surface area contributed by atoms with E-state index in [0.717, 1.165) is 64.0 Å². The van der Waals surface area contributed by atoms with Gasteiger partial charge in [-0.25, -0.2) is 4.39 Å². The Balaban J connectivity index is 1.41. The lowest BCUT2D eigenvalue weighted by Crippen LogP contribution is -2.47. The molecule has 0 saturated carbocycles. The lowest BCUT2D eigenvalue weighted by atomic mass is 9.96. The van der Waals surface area contributed by atoms with E-state index < -0.39 is 0 Å². The van der Waals surface area contributed by atoms with E-state index in [4.69, 9.17) is 0 Å². The third-order valence-electron chi connectivity index (χ3n) is 4.96. The number of hydrogen-bond donors (Lipinski definition) is 2. The van der Waals surface area contributed by atoms with E-state index in [1.807, 2.05) is 12.1 Å². The summed E-state index contributed by atoms with van der Waals surface area (Å²) < 4.78 is 12.9. The van der Waals surface area contributed by atoms with Crippen molar-refractivity contribution in [1.29, 1.82) is 0 Å². The number of likely N-dealkylation sites (tertiary alicyclic amines) is 1. The Kier molecular flexibility index (Phi) is 5.62. The molecule has 1 aromatic carbocycles. The summed E-state index contributed by atoms with van der Waals surface area (Å²) in [5.74, 6) is 0.241. The molecule has 5 heteroatoms. The smallest absolute Gasteiger partial charge is 0.223 e. The van der Waals surface area contributed by atoms with Crippen LogP contribution in [0.1, 0.15) is 31.2 Å². The van der Waals surface area contributed by atoms with Gasteiger partial charge in [-0.1, -0.05) is 12.1 Å². The van der Waals surface area contributed by atoms with Crippen molar-refractivity contribution < 1.29 is 9.18 Å². The maximum atomic E-state index is 12.9. The highest BCUT2D eigenvalue weighted by atomic mass is 19.1. The van der Waals surface area contributed by atoms with Crippen LogP contribution in [0.3, 0.4) is 0 Å². The van der Waals surface area contributed by atoms with E-state index in [0.29, 0.717) is 6.04 Å². The highest BCUT2D eigenvalue weighted by molar-refractivity contribution is 5.79. The van der Waals surface area contributed by atoms with Crippen LogP contribution in [-0.4, -0.2) is 43.0 Å². The minimum Gasteiger partial charge on any atom is -0.353 e. The quantitative estimate of drug-likeness (QED) is 0.891. The van der Waals surface area contributed by atoms with Gasteiger partial charge in [-0.15, -0.1) is 0 Å². The number of nitrogens with one attached hydrogen (secondary N) is 2. The van der Waals surface area contributed by atoms with Crippen molar-refractivity contribution in [2.45, 2.75) is 38.3 Å². The molecule has 1 amide bonds. The second-order valence-electron chi connectivity index (χ2n) is 6.71. The first-order valence-corrected chi connectivity index (χ1v) is 8.68. The first kappa shape index (κ1) is 16.4. The number of carbonyl (C=O) groups is 1. The van der Waals surface area contributed by atoms with E-state index in [9.17, 15) is 9.18 Å². The van der Waals surface area contributed by atoms with Crippen molar-refractivity contribution in [1.82, 2.24) is 15.5 Å². The van der Waals surface area contributed by atoms with E-state index in [1.54, 1.807) is 0 Å². The van der Waals surface area contributed by atoms with Crippen LogP contribution in [0.4, 0.5) is 4.39 Å². The second kappa shape index (κ2) is 7.88. The normalized spacial score (nSPS) is 21.3. The number of hydrogen-bond acceptors (Lipinski definition) is 3. The summed E-state index contributed by atoms with van der Waals surface area (Å²) in [5.41, 5.74) is 1.14. The SMILES string of the molecule is O=C(NC1CCN(Cc2ccc(F)cc2)CC1)C1CCNCC1. The van der Waals surface area contributed by atoms with Gasteiger partial charge in [0.05, 0.1) is 0 Å².